The molecule has 8 heteroatoms. The van der Waals surface area contributed by atoms with E-state index >= 15 is 0 Å². The van der Waals surface area contributed by atoms with Gasteiger partial charge in [-0.15, -0.1) is 23.1 Å². The number of nitrogens with zero attached hydrogens (tertiary/aromatic N) is 1. The van der Waals surface area contributed by atoms with Crippen LogP contribution >= 0.6 is 34.7 Å². The minimum absolute atomic E-state index is 0.119. The molecule has 3 rings (SSSR count). The highest BCUT2D eigenvalue weighted by Crippen LogP contribution is 2.26. The van der Waals surface area contributed by atoms with Gasteiger partial charge in [-0.2, -0.15) is 0 Å². The summed E-state index contributed by atoms with van der Waals surface area (Å²) in [7, 11) is 0. The number of anilines is 1. The molecule has 0 aliphatic heterocycles. The second kappa shape index (κ2) is 7.82. The number of fused-ring (bicyclic) bond motifs is 1. The third kappa shape index (κ3) is 4.11. The number of rotatable bonds is 5. The minimum atomic E-state index is -0.119. The summed E-state index contributed by atoms with van der Waals surface area (Å²) in [5.74, 6) is 1.19. The topological polar surface area (TPSA) is 74.8 Å². The first-order chi connectivity index (χ1) is 12.3. The number of thioether (sulfide) groups is 1. The van der Waals surface area contributed by atoms with Crippen LogP contribution in [0.15, 0.2) is 23.0 Å². The fourth-order valence-electron chi connectivity index (χ4n) is 2.52. The number of H-pyrrole nitrogens is 1. The number of aromatic nitrogens is 2. The Morgan fingerprint density at radius 1 is 1.35 bits per heavy atom. The number of halogens is 1. The van der Waals surface area contributed by atoms with Gasteiger partial charge in [-0.25, -0.2) is 4.98 Å². The third-order valence-electron chi connectivity index (χ3n) is 4.03. The molecule has 0 spiro atoms. The van der Waals surface area contributed by atoms with Crippen molar-refractivity contribution in [3.05, 3.63) is 55.4 Å². The van der Waals surface area contributed by atoms with Crippen LogP contribution in [0.25, 0.3) is 10.2 Å². The fourth-order valence-corrected chi connectivity index (χ4v) is 4.43. The van der Waals surface area contributed by atoms with Gasteiger partial charge in [0.1, 0.15) is 10.7 Å². The summed E-state index contributed by atoms with van der Waals surface area (Å²) >= 11 is 8.88. The summed E-state index contributed by atoms with van der Waals surface area (Å²) in [6.07, 6.45) is 0. The van der Waals surface area contributed by atoms with E-state index in [1.165, 1.54) is 23.1 Å². The molecule has 5 nitrogen and oxygen atoms in total. The van der Waals surface area contributed by atoms with Crippen molar-refractivity contribution in [3.63, 3.8) is 0 Å². The lowest BCUT2D eigenvalue weighted by Crippen LogP contribution is -2.16. The van der Waals surface area contributed by atoms with E-state index < -0.39 is 0 Å². The zero-order chi connectivity index (χ0) is 18.8. The summed E-state index contributed by atoms with van der Waals surface area (Å²) in [5, 5.41) is 4.10. The molecule has 2 aromatic heterocycles. The molecule has 2 heterocycles. The highest BCUT2D eigenvalue weighted by atomic mass is 35.5. The van der Waals surface area contributed by atoms with Gasteiger partial charge >= 0.3 is 0 Å². The largest absolute Gasteiger partial charge is 0.325 e. The summed E-state index contributed by atoms with van der Waals surface area (Å²) < 4.78 is 0. The van der Waals surface area contributed by atoms with Crippen LogP contribution in [-0.2, 0) is 10.5 Å². The van der Waals surface area contributed by atoms with Gasteiger partial charge in [-0.05, 0) is 44.0 Å². The van der Waals surface area contributed by atoms with Gasteiger partial charge < -0.3 is 10.3 Å². The third-order valence-corrected chi connectivity index (χ3v) is 6.31. The number of nitrogens with one attached hydrogen (secondary N) is 2. The van der Waals surface area contributed by atoms with Crippen LogP contribution in [-0.4, -0.2) is 21.6 Å². The van der Waals surface area contributed by atoms with Crippen LogP contribution in [0, 0.1) is 20.8 Å². The molecule has 0 fully saturated rings. The maximum absolute atomic E-state index is 12.3. The molecule has 0 saturated carbocycles. The van der Waals surface area contributed by atoms with Crippen LogP contribution in [0.3, 0.4) is 0 Å². The van der Waals surface area contributed by atoms with Gasteiger partial charge in [0.25, 0.3) is 5.56 Å². The predicted molar refractivity (Wildman–Crippen MR) is 111 cm³/mol. The van der Waals surface area contributed by atoms with Crippen molar-refractivity contribution in [3.8, 4) is 0 Å². The zero-order valence-electron chi connectivity index (χ0n) is 14.6. The van der Waals surface area contributed by atoms with E-state index in [-0.39, 0.29) is 17.2 Å². The Morgan fingerprint density at radius 2 is 2.12 bits per heavy atom. The SMILES string of the molecule is Cc1ccc(Cl)cc1NC(=O)CSCc1nc2sc(C)c(C)c2c(=O)[nH]1. The molecule has 0 bridgehead atoms. The zero-order valence-corrected chi connectivity index (χ0v) is 17.0. The van der Waals surface area contributed by atoms with Crippen molar-refractivity contribution in [1.82, 2.24) is 9.97 Å². The van der Waals surface area contributed by atoms with Crippen LogP contribution in [0.4, 0.5) is 5.69 Å². The van der Waals surface area contributed by atoms with Gasteiger partial charge in [0.2, 0.25) is 5.91 Å². The number of aromatic amines is 1. The van der Waals surface area contributed by atoms with E-state index in [9.17, 15) is 9.59 Å². The number of thiophene rings is 1. The summed E-state index contributed by atoms with van der Waals surface area (Å²) in [5.41, 5.74) is 2.52. The van der Waals surface area contributed by atoms with Crippen LogP contribution in [0.5, 0.6) is 0 Å². The molecule has 2 N–H and O–H groups in total. The number of aryl methyl sites for hydroxylation is 3. The van der Waals surface area contributed by atoms with Gasteiger partial charge in [-0.1, -0.05) is 17.7 Å². The smallest absolute Gasteiger partial charge is 0.259 e. The van der Waals surface area contributed by atoms with E-state index in [1.807, 2.05) is 26.8 Å². The van der Waals surface area contributed by atoms with Crippen LogP contribution in [0.1, 0.15) is 21.8 Å². The molecule has 0 saturated heterocycles. The molecular formula is C18H18ClN3O2S2. The molecule has 1 aromatic carbocycles. The highest BCUT2D eigenvalue weighted by Gasteiger charge is 2.12. The molecule has 0 unspecified atom stereocenters. The minimum Gasteiger partial charge on any atom is -0.325 e. The number of hydrogen-bond acceptors (Lipinski definition) is 5. The predicted octanol–water partition coefficient (Wildman–Crippen LogP) is 4.44. The first-order valence-electron chi connectivity index (χ1n) is 7.98. The Balaban J connectivity index is 1.63. The van der Waals surface area contributed by atoms with Crippen molar-refractivity contribution in [1.29, 1.82) is 0 Å². The number of amides is 1. The monoisotopic (exact) mass is 407 g/mol. The summed E-state index contributed by atoms with van der Waals surface area (Å²) in [6, 6.07) is 5.38. The van der Waals surface area contributed by atoms with E-state index in [0.29, 0.717) is 27.7 Å². The summed E-state index contributed by atoms with van der Waals surface area (Å²) in [6.45, 7) is 5.83. The maximum Gasteiger partial charge on any atom is 0.259 e. The van der Waals surface area contributed by atoms with Crippen molar-refractivity contribution >= 4 is 56.5 Å². The molecule has 0 aliphatic carbocycles. The van der Waals surface area contributed by atoms with Gasteiger partial charge in [0.15, 0.2) is 0 Å². The lowest BCUT2D eigenvalue weighted by molar-refractivity contribution is -0.113. The first-order valence-corrected chi connectivity index (χ1v) is 10.3. The van der Waals surface area contributed by atoms with Crippen molar-refractivity contribution in [2.24, 2.45) is 0 Å². The molecule has 26 heavy (non-hydrogen) atoms. The number of carbonyl (C=O) groups is 1. The Bertz CT molecular complexity index is 1040. The van der Waals surface area contributed by atoms with E-state index in [2.05, 4.69) is 15.3 Å². The van der Waals surface area contributed by atoms with E-state index in [4.69, 9.17) is 11.6 Å². The van der Waals surface area contributed by atoms with Crippen LogP contribution in [0.2, 0.25) is 5.02 Å². The van der Waals surface area contributed by atoms with Crippen molar-refractivity contribution < 1.29 is 4.79 Å². The number of hydrogen-bond donors (Lipinski definition) is 2. The molecule has 0 radical (unpaired) electrons. The van der Waals surface area contributed by atoms with E-state index in [0.717, 1.165) is 20.8 Å². The average molecular weight is 408 g/mol. The standard InChI is InChI=1S/C18H18ClN3O2S2/c1-9-4-5-12(19)6-13(9)20-15(23)8-25-7-14-21-17(24)16-10(2)11(3)26-18(16)22-14/h4-6H,7-8H2,1-3H3,(H,20,23)(H,21,22,24). The summed E-state index contributed by atoms with van der Waals surface area (Å²) in [4.78, 5) is 33.6. The highest BCUT2D eigenvalue weighted by molar-refractivity contribution is 7.99. The van der Waals surface area contributed by atoms with Gasteiger partial charge in [0.05, 0.1) is 16.9 Å². The van der Waals surface area contributed by atoms with Gasteiger partial charge in [-0.3, -0.25) is 9.59 Å². The number of carbonyl (C=O) groups excluding carboxylic acids is 1. The lowest BCUT2D eigenvalue weighted by atomic mass is 10.2. The lowest BCUT2D eigenvalue weighted by Gasteiger charge is -2.08. The Hall–Kier alpha value is -1.83. The Kier molecular flexibility index (Phi) is 5.70. The molecule has 0 atom stereocenters. The average Bonchev–Trinajstić information content (AvgIpc) is 2.86. The van der Waals surface area contributed by atoms with Crippen LogP contribution < -0.4 is 10.9 Å². The number of benzene rings is 1. The van der Waals surface area contributed by atoms with Crippen molar-refractivity contribution in [2.45, 2.75) is 26.5 Å². The molecular weight excluding hydrogens is 390 g/mol. The normalized spacial score (nSPS) is 11.1. The quantitative estimate of drug-likeness (QED) is 0.655. The molecule has 3 aromatic rings. The Morgan fingerprint density at radius 3 is 2.88 bits per heavy atom. The first kappa shape index (κ1) is 18.9. The second-order valence-electron chi connectivity index (χ2n) is 5.98. The van der Waals surface area contributed by atoms with Crippen molar-refractivity contribution in [2.75, 3.05) is 11.1 Å². The Labute approximate surface area is 164 Å². The van der Waals surface area contributed by atoms with Gasteiger partial charge in [0, 0.05) is 15.6 Å². The maximum atomic E-state index is 12.3. The fraction of sp³-hybridized carbons (Fsp3) is 0.278. The molecule has 0 aliphatic rings. The molecule has 1 amide bonds. The molecule has 136 valence electrons. The van der Waals surface area contributed by atoms with E-state index in [1.54, 1.807) is 12.1 Å². The second-order valence-corrected chi connectivity index (χ2v) is 8.60.